The number of nitrogens with zero attached hydrogens (tertiary/aromatic N) is 4. The summed E-state index contributed by atoms with van der Waals surface area (Å²) in [4.78, 5) is 19.4. The van der Waals surface area contributed by atoms with Gasteiger partial charge >= 0.3 is 0 Å². The number of rotatable bonds is 7. The smallest absolute Gasteiger partial charge is 0.243 e. The summed E-state index contributed by atoms with van der Waals surface area (Å²) in [7, 11) is -3.45. The maximum atomic E-state index is 12.9. The first-order valence-corrected chi connectivity index (χ1v) is 12.6. The first kappa shape index (κ1) is 22.0. The van der Waals surface area contributed by atoms with Gasteiger partial charge in [0.25, 0.3) is 0 Å². The Balaban J connectivity index is 1.42. The van der Waals surface area contributed by atoms with E-state index in [-0.39, 0.29) is 11.8 Å². The van der Waals surface area contributed by atoms with Crippen LogP contribution in [0.25, 0.3) is 0 Å². The van der Waals surface area contributed by atoms with Crippen LogP contribution >= 0.6 is 0 Å². The minimum atomic E-state index is -3.45. The van der Waals surface area contributed by atoms with Crippen molar-refractivity contribution in [3.8, 4) is 0 Å². The average Bonchev–Trinajstić information content (AvgIpc) is 3.45. The highest BCUT2D eigenvalue weighted by Crippen LogP contribution is 2.31. The van der Waals surface area contributed by atoms with Crippen molar-refractivity contribution < 1.29 is 17.7 Å². The Kier molecular flexibility index (Phi) is 6.43. The number of carbonyl (C=O) groups is 1. The molecule has 3 heterocycles. The SMILES string of the molecule is CC(C)c1noc(CCCC(=O)N2CCCc3cc(S(=O)(=O)N4CCCC4)ccc32)n1. The van der Waals surface area contributed by atoms with E-state index in [1.165, 1.54) is 0 Å². The fraction of sp³-hybridized carbons (Fsp3) is 0.591. The Morgan fingerprint density at radius 1 is 1.16 bits per heavy atom. The van der Waals surface area contributed by atoms with Gasteiger partial charge in [0, 0.05) is 44.1 Å². The van der Waals surface area contributed by atoms with Crippen molar-refractivity contribution in [1.82, 2.24) is 14.4 Å². The summed E-state index contributed by atoms with van der Waals surface area (Å²) < 4.78 is 32.6. The maximum Gasteiger partial charge on any atom is 0.243 e. The highest BCUT2D eigenvalue weighted by molar-refractivity contribution is 7.89. The Morgan fingerprint density at radius 2 is 1.94 bits per heavy atom. The molecule has 168 valence electrons. The van der Waals surface area contributed by atoms with E-state index >= 15 is 0 Å². The summed E-state index contributed by atoms with van der Waals surface area (Å²) >= 11 is 0. The second-order valence-electron chi connectivity index (χ2n) is 8.61. The van der Waals surface area contributed by atoms with Gasteiger partial charge in [0.2, 0.25) is 21.8 Å². The summed E-state index contributed by atoms with van der Waals surface area (Å²) in [5.74, 6) is 1.50. The van der Waals surface area contributed by atoms with E-state index < -0.39 is 10.0 Å². The van der Waals surface area contributed by atoms with Gasteiger partial charge in [-0.05, 0) is 55.9 Å². The fourth-order valence-electron chi connectivity index (χ4n) is 4.20. The molecule has 0 N–H and O–H groups in total. The van der Waals surface area contributed by atoms with Crippen LogP contribution in [0.1, 0.15) is 69.1 Å². The Morgan fingerprint density at radius 3 is 2.65 bits per heavy atom. The van der Waals surface area contributed by atoms with Gasteiger partial charge in [0.15, 0.2) is 5.82 Å². The Bertz CT molecular complexity index is 1040. The molecule has 1 aromatic heterocycles. The number of amides is 1. The van der Waals surface area contributed by atoms with Crippen LogP contribution in [0, 0.1) is 0 Å². The van der Waals surface area contributed by atoms with Gasteiger partial charge in [-0.15, -0.1) is 0 Å². The summed E-state index contributed by atoms with van der Waals surface area (Å²) in [6, 6.07) is 5.19. The Labute approximate surface area is 183 Å². The summed E-state index contributed by atoms with van der Waals surface area (Å²) in [6.45, 7) is 5.84. The second kappa shape index (κ2) is 9.08. The highest BCUT2D eigenvalue weighted by Gasteiger charge is 2.29. The number of aryl methyl sites for hydroxylation is 2. The van der Waals surface area contributed by atoms with Crippen LogP contribution < -0.4 is 4.90 Å². The molecule has 1 amide bonds. The quantitative estimate of drug-likeness (QED) is 0.648. The van der Waals surface area contributed by atoms with Gasteiger partial charge in [0.1, 0.15) is 0 Å². The zero-order valence-corrected chi connectivity index (χ0v) is 19.0. The van der Waals surface area contributed by atoms with Crippen molar-refractivity contribution in [2.75, 3.05) is 24.5 Å². The minimum Gasteiger partial charge on any atom is -0.339 e. The molecule has 1 saturated heterocycles. The molecule has 8 nitrogen and oxygen atoms in total. The van der Waals surface area contributed by atoms with Crippen LogP contribution in [-0.4, -0.2) is 48.4 Å². The lowest BCUT2D eigenvalue weighted by molar-refractivity contribution is -0.118. The van der Waals surface area contributed by atoms with Crippen molar-refractivity contribution in [3.63, 3.8) is 0 Å². The lowest BCUT2D eigenvalue weighted by Crippen LogP contribution is -2.35. The molecule has 0 unspecified atom stereocenters. The highest BCUT2D eigenvalue weighted by atomic mass is 32.2. The summed E-state index contributed by atoms with van der Waals surface area (Å²) in [5.41, 5.74) is 1.76. The van der Waals surface area contributed by atoms with Crippen LogP contribution in [0.5, 0.6) is 0 Å². The van der Waals surface area contributed by atoms with Crippen LogP contribution in [0.15, 0.2) is 27.6 Å². The van der Waals surface area contributed by atoms with Gasteiger partial charge in [-0.3, -0.25) is 4.79 Å². The standard InChI is InChI=1S/C22H30N4O4S/c1-16(2)22-23-20(30-24-22)8-5-9-21(27)26-14-6-7-17-15-18(10-11-19(17)26)31(28,29)25-12-3-4-13-25/h10-11,15-16H,3-9,12-14H2,1-2H3. The van der Waals surface area contributed by atoms with E-state index in [1.54, 1.807) is 27.4 Å². The van der Waals surface area contributed by atoms with Gasteiger partial charge in [-0.2, -0.15) is 9.29 Å². The monoisotopic (exact) mass is 446 g/mol. The molecule has 1 aromatic carbocycles. The third kappa shape index (κ3) is 4.67. The molecule has 0 bridgehead atoms. The number of hydrogen-bond donors (Lipinski definition) is 0. The van der Waals surface area contributed by atoms with Crippen LogP contribution in [0.4, 0.5) is 5.69 Å². The van der Waals surface area contributed by atoms with Gasteiger partial charge in [-0.1, -0.05) is 19.0 Å². The number of fused-ring (bicyclic) bond motifs is 1. The molecule has 0 aliphatic carbocycles. The van der Waals surface area contributed by atoms with Crippen LogP contribution in [0.3, 0.4) is 0 Å². The number of benzene rings is 1. The van der Waals surface area contributed by atoms with E-state index in [0.717, 1.165) is 36.9 Å². The number of aromatic nitrogens is 2. The molecule has 0 spiro atoms. The molecule has 0 saturated carbocycles. The van der Waals surface area contributed by atoms with E-state index in [1.807, 2.05) is 13.8 Å². The van der Waals surface area contributed by atoms with Gasteiger partial charge < -0.3 is 9.42 Å². The molecule has 1 fully saturated rings. The van der Waals surface area contributed by atoms with Crippen molar-refractivity contribution >= 4 is 21.6 Å². The van der Waals surface area contributed by atoms with Crippen molar-refractivity contribution in [2.45, 2.75) is 69.6 Å². The van der Waals surface area contributed by atoms with E-state index in [9.17, 15) is 13.2 Å². The Hall–Kier alpha value is -2.26. The number of carbonyl (C=O) groups excluding carboxylic acids is 1. The average molecular weight is 447 g/mol. The molecule has 2 aromatic rings. The third-order valence-corrected chi connectivity index (χ3v) is 7.85. The summed E-state index contributed by atoms with van der Waals surface area (Å²) in [5, 5.41) is 3.96. The lowest BCUT2D eigenvalue weighted by Gasteiger charge is -2.30. The topological polar surface area (TPSA) is 96.6 Å². The van der Waals surface area contributed by atoms with Crippen LogP contribution in [-0.2, 0) is 27.7 Å². The fourth-order valence-corrected chi connectivity index (χ4v) is 5.77. The molecule has 2 aliphatic heterocycles. The zero-order chi connectivity index (χ0) is 22.0. The largest absolute Gasteiger partial charge is 0.339 e. The molecular weight excluding hydrogens is 416 g/mol. The molecule has 9 heteroatoms. The normalized spacial score (nSPS) is 17.3. The van der Waals surface area contributed by atoms with Crippen molar-refractivity contribution in [1.29, 1.82) is 0 Å². The lowest BCUT2D eigenvalue weighted by atomic mass is 10.0. The summed E-state index contributed by atoms with van der Waals surface area (Å²) in [6.07, 6.45) is 5.01. The van der Waals surface area contributed by atoms with Crippen LogP contribution in [0.2, 0.25) is 0 Å². The van der Waals surface area contributed by atoms with E-state index in [0.29, 0.717) is 55.5 Å². The number of hydrogen-bond acceptors (Lipinski definition) is 6. The third-order valence-electron chi connectivity index (χ3n) is 5.95. The van der Waals surface area contributed by atoms with Gasteiger partial charge in [0.05, 0.1) is 4.90 Å². The zero-order valence-electron chi connectivity index (χ0n) is 18.2. The predicted molar refractivity (Wildman–Crippen MR) is 116 cm³/mol. The second-order valence-corrected chi connectivity index (χ2v) is 10.5. The molecule has 0 radical (unpaired) electrons. The maximum absolute atomic E-state index is 12.9. The number of sulfonamides is 1. The molecule has 2 aliphatic rings. The first-order valence-electron chi connectivity index (χ1n) is 11.1. The molecule has 31 heavy (non-hydrogen) atoms. The van der Waals surface area contributed by atoms with Gasteiger partial charge in [-0.25, -0.2) is 8.42 Å². The number of anilines is 1. The predicted octanol–water partition coefficient (Wildman–Crippen LogP) is 3.28. The van der Waals surface area contributed by atoms with Crippen molar-refractivity contribution in [3.05, 3.63) is 35.5 Å². The first-order chi connectivity index (χ1) is 14.9. The van der Waals surface area contributed by atoms with E-state index in [4.69, 9.17) is 4.52 Å². The molecule has 4 rings (SSSR count). The minimum absolute atomic E-state index is 0.0414. The molecule has 0 atom stereocenters. The van der Waals surface area contributed by atoms with Crippen molar-refractivity contribution in [2.24, 2.45) is 0 Å². The van der Waals surface area contributed by atoms with E-state index in [2.05, 4.69) is 10.1 Å². The molecular formula is C22H30N4O4S.